The van der Waals surface area contributed by atoms with Crippen LogP contribution in [0.1, 0.15) is 12.5 Å². The normalized spacial score (nSPS) is 16.0. The molecule has 0 aliphatic carbocycles. The van der Waals surface area contributed by atoms with Gasteiger partial charge in [-0.1, -0.05) is 18.2 Å². The first-order valence-corrected chi connectivity index (χ1v) is 8.01. The molecule has 0 spiro atoms. The highest BCUT2D eigenvalue weighted by Crippen LogP contribution is 2.34. The molecule has 2 aromatic carbocycles. The lowest BCUT2D eigenvalue weighted by atomic mass is 10.1. The molecule has 25 heavy (non-hydrogen) atoms. The van der Waals surface area contributed by atoms with Crippen LogP contribution in [0.15, 0.2) is 42.5 Å². The number of hydrogen-bond acceptors (Lipinski definition) is 4. The largest absolute Gasteiger partial charge is 0.495 e. The van der Waals surface area contributed by atoms with Crippen LogP contribution in [0.25, 0.3) is 0 Å². The Morgan fingerprint density at radius 3 is 2.80 bits per heavy atom. The number of carbonyl (C=O) groups is 2. The number of nitrogens with zero attached hydrogens (tertiary/aromatic N) is 1. The van der Waals surface area contributed by atoms with Gasteiger partial charge in [0, 0.05) is 0 Å². The van der Waals surface area contributed by atoms with Gasteiger partial charge < -0.3 is 14.8 Å². The zero-order valence-electron chi connectivity index (χ0n) is 14.4. The summed E-state index contributed by atoms with van der Waals surface area (Å²) >= 11 is 0. The molecule has 6 heteroatoms. The maximum atomic E-state index is 12.5. The number of rotatable bonds is 4. The molecule has 0 saturated carbocycles. The number of nitrogens with one attached hydrogen (secondary N) is 1. The highest BCUT2D eigenvalue weighted by molar-refractivity contribution is 6.06. The van der Waals surface area contributed by atoms with E-state index >= 15 is 0 Å². The average Bonchev–Trinajstić information content (AvgIpc) is 2.60. The zero-order chi connectivity index (χ0) is 18.0. The van der Waals surface area contributed by atoms with E-state index in [-0.39, 0.29) is 18.4 Å². The van der Waals surface area contributed by atoms with Crippen LogP contribution in [0.3, 0.4) is 0 Å². The number of hydrogen-bond donors (Lipinski definition) is 1. The molecule has 130 valence electrons. The monoisotopic (exact) mass is 340 g/mol. The predicted octanol–water partition coefficient (Wildman–Crippen LogP) is 2.76. The number of amides is 2. The Kier molecular flexibility index (Phi) is 4.61. The summed E-state index contributed by atoms with van der Waals surface area (Å²) in [4.78, 5) is 26.5. The fourth-order valence-corrected chi connectivity index (χ4v) is 2.76. The minimum absolute atomic E-state index is 0.0962. The van der Waals surface area contributed by atoms with E-state index in [0.717, 1.165) is 5.56 Å². The van der Waals surface area contributed by atoms with Crippen LogP contribution < -0.4 is 19.7 Å². The van der Waals surface area contributed by atoms with Crippen molar-refractivity contribution in [3.63, 3.8) is 0 Å². The van der Waals surface area contributed by atoms with Crippen LogP contribution in [0.5, 0.6) is 11.5 Å². The number of aryl methyl sites for hydroxylation is 1. The third-order valence-corrected chi connectivity index (χ3v) is 4.01. The van der Waals surface area contributed by atoms with E-state index in [1.807, 2.05) is 31.2 Å². The first-order chi connectivity index (χ1) is 12.0. The van der Waals surface area contributed by atoms with E-state index in [1.54, 1.807) is 25.1 Å². The molecule has 1 aliphatic rings. The molecule has 0 bridgehead atoms. The minimum Gasteiger partial charge on any atom is -0.495 e. The molecular weight excluding hydrogens is 320 g/mol. The van der Waals surface area contributed by atoms with Crippen LogP contribution >= 0.6 is 0 Å². The second-order valence-electron chi connectivity index (χ2n) is 5.90. The summed E-state index contributed by atoms with van der Waals surface area (Å²) in [6, 6.07) is 12.7. The third-order valence-electron chi connectivity index (χ3n) is 4.01. The summed E-state index contributed by atoms with van der Waals surface area (Å²) in [7, 11) is 1.54. The van der Waals surface area contributed by atoms with Gasteiger partial charge in [-0.25, -0.2) is 0 Å². The standard InChI is InChI=1S/C19H20N2O4/c1-12-8-9-17-15(10-12)21(19(23)13(2)25-17)11-18(22)20-14-6-4-5-7-16(14)24-3/h4-10,13H,11H2,1-3H3,(H,20,22). The Morgan fingerprint density at radius 2 is 2.04 bits per heavy atom. The highest BCUT2D eigenvalue weighted by atomic mass is 16.5. The van der Waals surface area contributed by atoms with Crippen LogP contribution in [-0.4, -0.2) is 31.6 Å². The molecule has 1 heterocycles. The molecule has 1 aliphatic heterocycles. The lowest BCUT2D eigenvalue weighted by Crippen LogP contribution is -2.47. The van der Waals surface area contributed by atoms with E-state index in [4.69, 9.17) is 9.47 Å². The number of fused-ring (bicyclic) bond motifs is 1. The molecule has 2 amide bonds. The molecule has 0 saturated heterocycles. The van der Waals surface area contributed by atoms with Crippen LogP contribution in [0.4, 0.5) is 11.4 Å². The van der Waals surface area contributed by atoms with Crippen molar-refractivity contribution < 1.29 is 19.1 Å². The quantitative estimate of drug-likeness (QED) is 0.929. The molecule has 1 unspecified atom stereocenters. The van der Waals surface area contributed by atoms with Crippen molar-refractivity contribution in [2.24, 2.45) is 0 Å². The molecule has 1 atom stereocenters. The van der Waals surface area contributed by atoms with Gasteiger partial charge in [-0.2, -0.15) is 0 Å². The Hall–Kier alpha value is -3.02. The van der Waals surface area contributed by atoms with Crippen molar-refractivity contribution in [1.29, 1.82) is 0 Å². The van der Waals surface area contributed by atoms with Crippen molar-refractivity contribution in [3.8, 4) is 11.5 Å². The summed E-state index contributed by atoms with van der Waals surface area (Å²) < 4.78 is 10.9. The fourth-order valence-electron chi connectivity index (χ4n) is 2.76. The maximum Gasteiger partial charge on any atom is 0.268 e. The number of anilines is 2. The Bertz CT molecular complexity index is 819. The summed E-state index contributed by atoms with van der Waals surface area (Å²) in [5.41, 5.74) is 2.16. The molecule has 6 nitrogen and oxygen atoms in total. The maximum absolute atomic E-state index is 12.5. The van der Waals surface area contributed by atoms with Crippen molar-refractivity contribution in [3.05, 3.63) is 48.0 Å². The minimum atomic E-state index is -0.630. The second kappa shape index (κ2) is 6.84. The van der Waals surface area contributed by atoms with Gasteiger partial charge in [0.1, 0.15) is 18.0 Å². The zero-order valence-corrected chi connectivity index (χ0v) is 14.4. The van der Waals surface area contributed by atoms with Crippen molar-refractivity contribution in [1.82, 2.24) is 0 Å². The first-order valence-electron chi connectivity index (χ1n) is 8.01. The number of para-hydroxylation sites is 2. The highest BCUT2D eigenvalue weighted by Gasteiger charge is 2.32. The third kappa shape index (κ3) is 3.42. The lowest BCUT2D eigenvalue weighted by Gasteiger charge is -2.32. The Morgan fingerprint density at radius 1 is 1.28 bits per heavy atom. The second-order valence-corrected chi connectivity index (χ2v) is 5.90. The van der Waals surface area contributed by atoms with E-state index in [9.17, 15) is 9.59 Å². The van der Waals surface area contributed by atoms with Crippen LogP contribution in [0, 0.1) is 6.92 Å². The smallest absolute Gasteiger partial charge is 0.268 e. The van der Waals surface area contributed by atoms with Gasteiger partial charge in [0.15, 0.2) is 6.10 Å². The number of methoxy groups -OCH3 is 1. The summed E-state index contributed by atoms with van der Waals surface area (Å²) in [6.07, 6.45) is -0.630. The van der Waals surface area contributed by atoms with Gasteiger partial charge in [0.25, 0.3) is 5.91 Å². The van der Waals surface area contributed by atoms with E-state index < -0.39 is 6.10 Å². The molecular formula is C19H20N2O4. The lowest BCUT2D eigenvalue weighted by molar-refractivity contribution is -0.127. The summed E-state index contributed by atoms with van der Waals surface area (Å²) in [5, 5.41) is 2.79. The number of ether oxygens (including phenoxy) is 2. The molecule has 2 aromatic rings. The van der Waals surface area contributed by atoms with Crippen LogP contribution in [-0.2, 0) is 9.59 Å². The topological polar surface area (TPSA) is 67.9 Å². The molecule has 0 fully saturated rings. The van der Waals surface area contributed by atoms with Gasteiger partial charge in [-0.05, 0) is 43.7 Å². The van der Waals surface area contributed by atoms with Gasteiger partial charge in [-0.15, -0.1) is 0 Å². The Labute approximate surface area is 146 Å². The Balaban J connectivity index is 1.83. The molecule has 3 rings (SSSR count). The van der Waals surface area contributed by atoms with E-state index in [2.05, 4.69) is 5.32 Å². The fraction of sp³-hybridized carbons (Fsp3) is 0.263. The van der Waals surface area contributed by atoms with Crippen molar-refractivity contribution >= 4 is 23.2 Å². The van der Waals surface area contributed by atoms with Crippen molar-refractivity contribution in [2.75, 3.05) is 23.9 Å². The molecule has 1 N–H and O–H groups in total. The van der Waals surface area contributed by atoms with Gasteiger partial charge in [0.05, 0.1) is 18.5 Å². The first kappa shape index (κ1) is 16.8. The van der Waals surface area contributed by atoms with Gasteiger partial charge in [-0.3, -0.25) is 14.5 Å². The van der Waals surface area contributed by atoms with E-state index in [0.29, 0.717) is 22.9 Å². The van der Waals surface area contributed by atoms with E-state index in [1.165, 1.54) is 12.0 Å². The summed E-state index contributed by atoms with van der Waals surface area (Å²) in [6.45, 7) is 3.51. The van der Waals surface area contributed by atoms with Crippen LogP contribution in [0.2, 0.25) is 0 Å². The average molecular weight is 340 g/mol. The number of benzene rings is 2. The summed E-state index contributed by atoms with van der Waals surface area (Å²) in [5.74, 6) is 0.615. The molecule has 0 radical (unpaired) electrons. The SMILES string of the molecule is COc1ccccc1NC(=O)CN1C(=O)C(C)Oc2ccc(C)cc21. The predicted molar refractivity (Wildman–Crippen MR) is 95.2 cm³/mol. The van der Waals surface area contributed by atoms with Gasteiger partial charge >= 0.3 is 0 Å². The van der Waals surface area contributed by atoms with Crippen molar-refractivity contribution in [2.45, 2.75) is 20.0 Å². The molecule has 0 aromatic heterocycles. The van der Waals surface area contributed by atoms with Gasteiger partial charge in [0.2, 0.25) is 5.91 Å². The number of carbonyl (C=O) groups excluding carboxylic acids is 2.